The number of hydrogen-bond acceptors (Lipinski definition) is 2. The van der Waals surface area contributed by atoms with Crippen LogP contribution >= 0.6 is 0 Å². The van der Waals surface area contributed by atoms with Gasteiger partial charge in [0.25, 0.3) is 0 Å². The minimum Gasteiger partial charge on any atom is -0.337 e. The Bertz CT molecular complexity index is 381. The highest BCUT2D eigenvalue weighted by Gasteiger charge is 1.92. The number of aromatic nitrogens is 2. The van der Waals surface area contributed by atoms with Gasteiger partial charge >= 0.3 is 0 Å². The predicted molar refractivity (Wildman–Crippen MR) is 76.3 cm³/mol. The third-order valence-electron chi connectivity index (χ3n) is 2.50. The second-order valence-electron chi connectivity index (χ2n) is 3.82. The van der Waals surface area contributed by atoms with E-state index in [2.05, 4.69) is 39.1 Å². The maximum atomic E-state index is 4.01. The maximum absolute atomic E-state index is 4.01. The number of benzene rings is 1. The molecule has 1 aromatic heterocycles. The molecule has 3 heteroatoms. The van der Waals surface area contributed by atoms with Crippen LogP contribution in [0.2, 0.25) is 0 Å². The molecule has 98 valence electrons. The van der Waals surface area contributed by atoms with Crippen molar-refractivity contribution in [3.8, 4) is 0 Å². The zero-order chi connectivity index (χ0) is 13.1. The van der Waals surface area contributed by atoms with Crippen LogP contribution in [0.25, 0.3) is 0 Å². The van der Waals surface area contributed by atoms with Gasteiger partial charge in [-0.25, -0.2) is 4.98 Å². The summed E-state index contributed by atoms with van der Waals surface area (Å²) in [5.41, 5.74) is 1.34. The van der Waals surface area contributed by atoms with Crippen molar-refractivity contribution < 1.29 is 0 Å². The zero-order valence-electron chi connectivity index (χ0n) is 11.3. The molecule has 0 aliphatic heterocycles. The summed E-state index contributed by atoms with van der Waals surface area (Å²) < 4.78 is 2.10. The van der Waals surface area contributed by atoms with Crippen molar-refractivity contribution in [2.24, 2.45) is 0 Å². The lowest BCUT2D eigenvalue weighted by Gasteiger charge is -2.05. The third kappa shape index (κ3) is 5.64. The first-order chi connectivity index (χ1) is 8.95. The standard InChI is InChI=1S/C13H17N3.C2H6/c1-2-5-13(6-3-1)11-14-7-4-9-16-10-8-15-12-16;1-2/h1-3,5-6,8,10,12,14H,4,7,9,11H2;1-2H3. The van der Waals surface area contributed by atoms with Crippen LogP contribution in [-0.2, 0) is 13.1 Å². The van der Waals surface area contributed by atoms with Crippen molar-refractivity contribution in [1.82, 2.24) is 14.9 Å². The average molecular weight is 245 g/mol. The van der Waals surface area contributed by atoms with Crippen LogP contribution in [0.4, 0.5) is 0 Å². The molecule has 0 aliphatic rings. The van der Waals surface area contributed by atoms with Crippen LogP contribution in [-0.4, -0.2) is 16.1 Å². The van der Waals surface area contributed by atoms with Crippen LogP contribution in [0.5, 0.6) is 0 Å². The van der Waals surface area contributed by atoms with E-state index in [0.717, 1.165) is 26.1 Å². The minimum absolute atomic E-state index is 0.949. The molecule has 0 saturated carbocycles. The van der Waals surface area contributed by atoms with Gasteiger partial charge in [0.2, 0.25) is 0 Å². The summed E-state index contributed by atoms with van der Waals surface area (Å²) in [5, 5.41) is 3.43. The van der Waals surface area contributed by atoms with E-state index in [9.17, 15) is 0 Å². The average Bonchev–Trinajstić information content (AvgIpc) is 2.95. The molecular weight excluding hydrogens is 222 g/mol. The van der Waals surface area contributed by atoms with E-state index < -0.39 is 0 Å². The molecule has 0 aliphatic carbocycles. The summed E-state index contributed by atoms with van der Waals surface area (Å²) in [4.78, 5) is 4.01. The zero-order valence-corrected chi connectivity index (χ0v) is 11.3. The fraction of sp³-hybridized carbons (Fsp3) is 0.400. The van der Waals surface area contributed by atoms with Crippen molar-refractivity contribution in [2.75, 3.05) is 6.54 Å². The van der Waals surface area contributed by atoms with Gasteiger partial charge in [0, 0.05) is 25.5 Å². The Morgan fingerprint density at radius 3 is 2.61 bits per heavy atom. The Morgan fingerprint density at radius 1 is 1.17 bits per heavy atom. The van der Waals surface area contributed by atoms with E-state index in [1.165, 1.54) is 5.56 Å². The first-order valence-corrected chi connectivity index (χ1v) is 6.65. The van der Waals surface area contributed by atoms with E-state index >= 15 is 0 Å². The summed E-state index contributed by atoms with van der Waals surface area (Å²) in [6.45, 7) is 7.01. The second-order valence-corrected chi connectivity index (χ2v) is 3.82. The van der Waals surface area contributed by atoms with Gasteiger partial charge in [-0.3, -0.25) is 0 Å². The van der Waals surface area contributed by atoms with Gasteiger partial charge in [0.15, 0.2) is 0 Å². The number of imidazole rings is 1. The molecule has 0 unspecified atom stereocenters. The van der Waals surface area contributed by atoms with Crippen molar-refractivity contribution in [2.45, 2.75) is 33.4 Å². The largest absolute Gasteiger partial charge is 0.337 e. The van der Waals surface area contributed by atoms with Gasteiger partial charge in [-0.15, -0.1) is 0 Å². The third-order valence-corrected chi connectivity index (χ3v) is 2.50. The first-order valence-electron chi connectivity index (χ1n) is 6.65. The van der Waals surface area contributed by atoms with Crippen molar-refractivity contribution in [1.29, 1.82) is 0 Å². The Balaban J connectivity index is 0.000000771. The number of nitrogens with zero attached hydrogens (tertiary/aromatic N) is 2. The normalized spacial score (nSPS) is 9.67. The monoisotopic (exact) mass is 245 g/mol. The highest BCUT2D eigenvalue weighted by atomic mass is 15.0. The molecule has 0 spiro atoms. The SMILES string of the molecule is CC.c1ccc(CNCCCn2ccnc2)cc1. The van der Waals surface area contributed by atoms with E-state index in [1.54, 1.807) is 0 Å². The van der Waals surface area contributed by atoms with Gasteiger partial charge in [-0.05, 0) is 18.5 Å². The smallest absolute Gasteiger partial charge is 0.0945 e. The summed E-state index contributed by atoms with van der Waals surface area (Å²) in [7, 11) is 0. The molecule has 0 saturated heterocycles. The first kappa shape index (κ1) is 14.5. The van der Waals surface area contributed by atoms with Crippen molar-refractivity contribution in [3.63, 3.8) is 0 Å². The highest BCUT2D eigenvalue weighted by Crippen LogP contribution is 1.97. The van der Waals surface area contributed by atoms with Crippen LogP contribution in [0.1, 0.15) is 25.8 Å². The Morgan fingerprint density at radius 2 is 1.94 bits per heavy atom. The van der Waals surface area contributed by atoms with Gasteiger partial charge < -0.3 is 9.88 Å². The van der Waals surface area contributed by atoms with Crippen LogP contribution in [0, 0.1) is 0 Å². The molecule has 2 aromatic rings. The Hall–Kier alpha value is -1.61. The second kappa shape index (κ2) is 9.42. The molecule has 1 N–H and O–H groups in total. The molecule has 0 radical (unpaired) electrons. The lowest BCUT2D eigenvalue weighted by atomic mass is 10.2. The van der Waals surface area contributed by atoms with E-state index in [0.29, 0.717) is 0 Å². The van der Waals surface area contributed by atoms with E-state index in [-0.39, 0.29) is 0 Å². The summed E-state index contributed by atoms with van der Waals surface area (Å²) in [6, 6.07) is 10.5. The Labute approximate surface area is 110 Å². The number of hydrogen-bond donors (Lipinski definition) is 1. The van der Waals surface area contributed by atoms with Gasteiger partial charge in [-0.1, -0.05) is 44.2 Å². The quantitative estimate of drug-likeness (QED) is 0.793. The summed E-state index contributed by atoms with van der Waals surface area (Å²) in [5.74, 6) is 0. The topological polar surface area (TPSA) is 29.9 Å². The van der Waals surface area contributed by atoms with Crippen molar-refractivity contribution >= 4 is 0 Å². The van der Waals surface area contributed by atoms with Crippen LogP contribution in [0.3, 0.4) is 0 Å². The molecule has 0 fully saturated rings. The number of nitrogens with one attached hydrogen (secondary N) is 1. The molecule has 0 bridgehead atoms. The van der Waals surface area contributed by atoms with Crippen LogP contribution in [0.15, 0.2) is 49.1 Å². The fourth-order valence-electron chi connectivity index (χ4n) is 1.63. The molecule has 2 rings (SSSR count). The highest BCUT2D eigenvalue weighted by molar-refractivity contribution is 5.14. The van der Waals surface area contributed by atoms with Gasteiger partial charge in [-0.2, -0.15) is 0 Å². The lowest BCUT2D eigenvalue weighted by Crippen LogP contribution is -2.16. The number of aryl methyl sites for hydroxylation is 1. The van der Waals surface area contributed by atoms with Crippen molar-refractivity contribution in [3.05, 3.63) is 54.6 Å². The van der Waals surface area contributed by atoms with Gasteiger partial charge in [0.1, 0.15) is 0 Å². The van der Waals surface area contributed by atoms with Crippen LogP contribution < -0.4 is 5.32 Å². The summed E-state index contributed by atoms with van der Waals surface area (Å²) >= 11 is 0. The lowest BCUT2D eigenvalue weighted by molar-refractivity contribution is 0.581. The summed E-state index contributed by atoms with van der Waals surface area (Å²) in [6.07, 6.45) is 6.80. The van der Waals surface area contributed by atoms with E-state index in [1.807, 2.05) is 38.6 Å². The van der Waals surface area contributed by atoms with E-state index in [4.69, 9.17) is 0 Å². The molecule has 18 heavy (non-hydrogen) atoms. The van der Waals surface area contributed by atoms with Gasteiger partial charge in [0.05, 0.1) is 6.33 Å². The molecule has 1 heterocycles. The molecule has 0 amide bonds. The number of rotatable bonds is 6. The predicted octanol–water partition coefficient (Wildman–Crippen LogP) is 3.09. The molecular formula is C15H23N3. The maximum Gasteiger partial charge on any atom is 0.0945 e. The fourth-order valence-corrected chi connectivity index (χ4v) is 1.63. The minimum atomic E-state index is 0.949. The molecule has 3 nitrogen and oxygen atoms in total. The Kier molecular flexibility index (Phi) is 7.57. The molecule has 0 atom stereocenters. The molecule has 1 aromatic carbocycles.